The minimum atomic E-state index is 0.161. The summed E-state index contributed by atoms with van der Waals surface area (Å²) in [4.78, 5) is 4.44. The van der Waals surface area contributed by atoms with Crippen LogP contribution in [0.3, 0.4) is 0 Å². The first-order valence-electron chi connectivity index (χ1n) is 6.75. The summed E-state index contributed by atoms with van der Waals surface area (Å²) in [7, 11) is 0. The number of hydrogen-bond donors (Lipinski definition) is 2. The number of nitrogens with one attached hydrogen (secondary N) is 1. The van der Waals surface area contributed by atoms with E-state index in [1.165, 1.54) is 5.56 Å². The van der Waals surface area contributed by atoms with Crippen LogP contribution < -0.4 is 5.73 Å². The van der Waals surface area contributed by atoms with Gasteiger partial charge in [-0.3, -0.25) is 10.4 Å². The van der Waals surface area contributed by atoms with E-state index < -0.39 is 0 Å². The zero-order chi connectivity index (χ0) is 14.8. The lowest BCUT2D eigenvalue weighted by molar-refractivity contribution is 0.590. The molecule has 0 amide bonds. The molecule has 0 atom stereocenters. The molecule has 1 aromatic carbocycles. The van der Waals surface area contributed by atoms with E-state index in [0.717, 1.165) is 16.8 Å². The average Bonchev–Trinajstić information content (AvgIpc) is 2.38. The van der Waals surface area contributed by atoms with Gasteiger partial charge in [0, 0.05) is 18.2 Å². The summed E-state index contributed by atoms with van der Waals surface area (Å²) in [5.41, 5.74) is 9.88. The van der Waals surface area contributed by atoms with Crippen LogP contribution in [0.1, 0.15) is 31.9 Å². The highest BCUT2D eigenvalue weighted by molar-refractivity contribution is 5.79. The molecule has 3 heteroatoms. The molecule has 3 N–H and O–H groups in total. The molecule has 1 heterocycles. The third-order valence-corrected chi connectivity index (χ3v) is 3.27. The van der Waals surface area contributed by atoms with Crippen LogP contribution in [0.15, 0.2) is 42.6 Å². The predicted molar refractivity (Wildman–Crippen MR) is 84.0 cm³/mol. The Morgan fingerprint density at radius 2 is 1.75 bits per heavy atom. The van der Waals surface area contributed by atoms with E-state index >= 15 is 0 Å². The van der Waals surface area contributed by atoms with Gasteiger partial charge < -0.3 is 5.73 Å². The van der Waals surface area contributed by atoms with E-state index in [2.05, 4.69) is 50.0 Å². The Labute approximate surface area is 120 Å². The van der Waals surface area contributed by atoms with Gasteiger partial charge in [-0.1, -0.05) is 51.1 Å². The number of aromatic nitrogens is 1. The second kappa shape index (κ2) is 5.45. The second-order valence-electron chi connectivity index (χ2n) is 6.08. The first-order chi connectivity index (χ1) is 9.36. The summed E-state index contributed by atoms with van der Waals surface area (Å²) >= 11 is 0. The third kappa shape index (κ3) is 3.44. The van der Waals surface area contributed by atoms with Crippen LogP contribution in [-0.4, -0.2) is 10.8 Å². The van der Waals surface area contributed by atoms with Crippen molar-refractivity contribution < 1.29 is 0 Å². The number of rotatable bonds is 3. The summed E-state index contributed by atoms with van der Waals surface area (Å²) < 4.78 is 0. The van der Waals surface area contributed by atoms with Gasteiger partial charge >= 0.3 is 0 Å². The van der Waals surface area contributed by atoms with Crippen molar-refractivity contribution in [1.82, 2.24) is 4.98 Å². The molecular weight excluding hydrogens is 246 g/mol. The van der Waals surface area contributed by atoms with E-state index in [-0.39, 0.29) is 11.3 Å². The first kappa shape index (κ1) is 14.3. The third-order valence-electron chi connectivity index (χ3n) is 3.27. The number of benzene rings is 1. The quantitative estimate of drug-likeness (QED) is 0.660. The summed E-state index contributed by atoms with van der Waals surface area (Å²) in [6.45, 7) is 6.62. The molecule has 0 radical (unpaired) electrons. The lowest BCUT2D eigenvalue weighted by atomic mass is 9.86. The molecule has 0 saturated carbocycles. The van der Waals surface area contributed by atoms with Crippen LogP contribution in [0, 0.1) is 5.41 Å². The SMILES string of the molecule is CC(C)(C)c1ccc(-c2ccc(CC(=N)N)cn2)cc1. The Bertz CT molecular complexity index is 590. The first-order valence-corrected chi connectivity index (χ1v) is 6.75. The monoisotopic (exact) mass is 267 g/mol. The zero-order valence-corrected chi connectivity index (χ0v) is 12.3. The number of pyridine rings is 1. The van der Waals surface area contributed by atoms with Gasteiger partial charge in [-0.25, -0.2) is 0 Å². The van der Waals surface area contributed by atoms with Gasteiger partial charge in [0.15, 0.2) is 0 Å². The lowest BCUT2D eigenvalue weighted by Gasteiger charge is -2.19. The second-order valence-corrected chi connectivity index (χ2v) is 6.08. The Morgan fingerprint density at radius 1 is 1.10 bits per heavy atom. The fourth-order valence-corrected chi connectivity index (χ4v) is 2.06. The molecule has 3 nitrogen and oxygen atoms in total. The van der Waals surface area contributed by atoms with E-state index in [4.69, 9.17) is 11.1 Å². The summed E-state index contributed by atoms with van der Waals surface area (Å²) in [5, 5.41) is 7.28. The highest BCUT2D eigenvalue weighted by atomic mass is 14.7. The molecule has 1 aromatic heterocycles. The molecule has 104 valence electrons. The van der Waals surface area contributed by atoms with E-state index in [0.29, 0.717) is 6.42 Å². The van der Waals surface area contributed by atoms with E-state index in [1.807, 2.05) is 12.1 Å². The summed E-state index contributed by atoms with van der Waals surface area (Å²) in [6, 6.07) is 12.5. The van der Waals surface area contributed by atoms with Gasteiger partial charge in [0.2, 0.25) is 0 Å². The van der Waals surface area contributed by atoms with Crippen LogP contribution in [0.4, 0.5) is 0 Å². The van der Waals surface area contributed by atoms with E-state index in [9.17, 15) is 0 Å². The zero-order valence-electron chi connectivity index (χ0n) is 12.3. The maximum absolute atomic E-state index is 7.28. The minimum Gasteiger partial charge on any atom is -0.387 e. The molecule has 0 bridgehead atoms. The molecule has 0 aliphatic heterocycles. The Kier molecular flexibility index (Phi) is 3.89. The predicted octanol–water partition coefficient (Wildman–Crippen LogP) is 3.52. The average molecular weight is 267 g/mol. The number of nitrogens with two attached hydrogens (primary N) is 1. The van der Waals surface area contributed by atoms with Gasteiger partial charge in [-0.05, 0) is 22.6 Å². The van der Waals surface area contributed by atoms with Crippen molar-refractivity contribution in [2.45, 2.75) is 32.6 Å². The van der Waals surface area contributed by atoms with Gasteiger partial charge in [0.25, 0.3) is 0 Å². The molecule has 0 fully saturated rings. The lowest BCUT2D eigenvalue weighted by Crippen LogP contribution is -2.12. The highest BCUT2D eigenvalue weighted by Gasteiger charge is 2.13. The molecule has 2 rings (SSSR count). The summed E-state index contributed by atoms with van der Waals surface area (Å²) in [6.07, 6.45) is 2.24. The number of nitrogens with zero attached hydrogens (tertiary/aromatic N) is 1. The standard InChI is InChI=1S/C17H21N3/c1-17(2,3)14-7-5-13(6-8-14)15-9-4-12(11-20-15)10-16(18)19/h4-9,11H,10H2,1-3H3,(H3,18,19). The highest BCUT2D eigenvalue weighted by Crippen LogP contribution is 2.25. The molecule has 0 aliphatic rings. The Hall–Kier alpha value is -2.16. The minimum absolute atomic E-state index is 0.161. The maximum atomic E-state index is 7.28. The summed E-state index contributed by atoms with van der Waals surface area (Å²) in [5.74, 6) is 0.161. The molecule has 2 aromatic rings. The van der Waals surface area contributed by atoms with Gasteiger partial charge in [0.1, 0.15) is 0 Å². The van der Waals surface area contributed by atoms with Crippen LogP contribution in [0.2, 0.25) is 0 Å². The number of amidine groups is 1. The topological polar surface area (TPSA) is 62.8 Å². The van der Waals surface area contributed by atoms with Crippen molar-refractivity contribution in [2.75, 3.05) is 0 Å². The Balaban J connectivity index is 2.21. The molecular formula is C17H21N3. The van der Waals surface area contributed by atoms with Gasteiger partial charge in [-0.2, -0.15) is 0 Å². The van der Waals surface area contributed by atoms with Crippen LogP contribution in [0.25, 0.3) is 11.3 Å². The fraction of sp³-hybridized carbons (Fsp3) is 0.294. The van der Waals surface area contributed by atoms with Gasteiger partial charge in [-0.15, -0.1) is 0 Å². The molecule has 0 spiro atoms. The van der Waals surface area contributed by atoms with Crippen molar-refractivity contribution in [3.05, 3.63) is 53.7 Å². The van der Waals surface area contributed by atoms with Crippen molar-refractivity contribution in [1.29, 1.82) is 5.41 Å². The van der Waals surface area contributed by atoms with Crippen molar-refractivity contribution in [3.8, 4) is 11.3 Å². The van der Waals surface area contributed by atoms with Crippen molar-refractivity contribution in [3.63, 3.8) is 0 Å². The molecule has 0 saturated heterocycles. The van der Waals surface area contributed by atoms with Crippen LogP contribution >= 0.6 is 0 Å². The normalized spacial score (nSPS) is 11.3. The smallest absolute Gasteiger partial charge is 0.0950 e. The maximum Gasteiger partial charge on any atom is 0.0950 e. The van der Waals surface area contributed by atoms with Crippen molar-refractivity contribution in [2.24, 2.45) is 5.73 Å². The largest absolute Gasteiger partial charge is 0.387 e. The van der Waals surface area contributed by atoms with Crippen LogP contribution in [0.5, 0.6) is 0 Å². The van der Waals surface area contributed by atoms with E-state index in [1.54, 1.807) is 6.20 Å². The molecule has 20 heavy (non-hydrogen) atoms. The molecule has 0 aliphatic carbocycles. The van der Waals surface area contributed by atoms with Crippen molar-refractivity contribution >= 4 is 5.84 Å². The number of hydrogen-bond acceptors (Lipinski definition) is 2. The van der Waals surface area contributed by atoms with Crippen LogP contribution in [-0.2, 0) is 11.8 Å². The molecule has 0 unspecified atom stereocenters. The van der Waals surface area contributed by atoms with Gasteiger partial charge in [0.05, 0.1) is 11.5 Å². The fourth-order valence-electron chi connectivity index (χ4n) is 2.06. The Morgan fingerprint density at radius 3 is 2.20 bits per heavy atom.